The van der Waals surface area contributed by atoms with Gasteiger partial charge in [-0.2, -0.15) is 0 Å². The molecule has 0 radical (unpaired) electrons. The number of halogens is 3. The van der Waals surface area contributed by atoms with Gasteiger partial charge in [-0.05, 0) is 42.5 Å². The molecule has 0 aliphatic carbocycles. The average molecular weight is 350 g/mol. The van der Waals surface area contributed by atoms with Crippen molar-refractivity contribution in [1.82, 2.24) is 0 Å². The molecule has 0 unspecified atom stereocenters. The normalized spacial score (nSPS) is 10.6. The first-order valence-electron chi connectivity index (χ1n) is 6.66. The molecule has 3 aromatic rings. The molecule has 2 aromatic carbocycles. The van der Waals surface area contributed by atoms with E-state index in [4.69, 9.17) is 27.6 Å². The Kier molecular flexibility index (Phi) is 4.37. The van der Waals surface area contributed by atoms with E-state index in [1.165, 1.54) is 24.3 Å². The van der Waals surface area contributed by atoms with Gasteiger partial charge >= 0.3 is 0 Å². The van der Waals surface area contributed by atoms with Crippen molar-refractivity contribution in [2.24, 2.45) is 0 Å². The van der Waals surface area contributed by atoms with Crippen LogP contribution in [0, 0.1) is 5.82 Å². The summed E-state index contributed by atoms with van der Waals surface area (Å²) in [5.74, 6) is -0.638. The molecule has 0 atom stereocenters. The van der Waals surface area contributed by atoms with Crippen molar-refractivity contribution >= 4 is 34.8 Å². The summed E-state index contributed by atoms with van der Waals surface area (Å²) in [6.45, 7) is 0. The van der Waals surface area contributed by atoms with E-state index < -0.39 is 11.7 Å². The van der Waals surface area contributed by atoms with Crippen molar-refractivity contribution < 1.29 is 13.6 Å². The van der Waals surface area contributed by atoms with Gasteiger partial charge in [-0.1, -0.05) is 35.3 Å². The van der Waals surface area contributed by atoms with Gasteiger partial charge in [-0.25, -0.2) is 4.39 Å². The van der Waals surface area contributed by atoms with Gasteiger partial charge in [0.15, 0.2) is 5.76 Å². The van der Waals surface area contributed by atoms with Crippen molar-refractivity contribution in [1.29, 1.82) is 0 Å². The number of amides is 1. The van der Waals surface area contributed by atoms with Gasteiger partial charge in [-0.15, -0.1) is 0 Å². The molecule has 0 spiro atoms. The van der Waals surface area contributed by atoms with Crippen molar-refractivity contribution in [3.8, 4) is 11.3 Å². The Bertz CT molecular complexity index is 877. The zero-order valence-corrected chi connectivity index (χ0v) is 13.2. The SMILES string of the molecule is O=C(Nc1ccccc1F)c1ccc(-c2cc(Cl)ccc2Cl)o1. The molecule has 1 N–H and O–H groups in total. The number of anilines is 1. The first kappa shape index (κ1) is 15.6. The summed E-state index contributed by atoms with van der Waals surface area (Å²) in [7, 11) is 0. The zero-order valence-electron chi connectivity index (χ0n) is 11.6. The lowest BCUT2D eigenvalue weighted by molar-refractivity contribution is 0.0997. The molecule has 1 aromatic heterocycles. The molecule has 3 rings (SSSR count). The quantitative estimate of drug-likeness (QED) is 0.664. The third kappa shape index (κ3) is 3.38. The number of benzene rings is 2. The highest BCUT2D eigenvalue weighted by Gasteiger charge is 2.15. The maximum Gasteiger partial charge on any atom is 0.291 e. The maximum atomic E-state index is 13.6. The van der Waals surface area contributed by atoms with E-state index in [2.05, 4.69) is 5.32 Å². The molecule has 3 nitrogen and oxygen atoms in total. The monoisotopic (exact) mass is 349 g/mol. The van der Waals surface area contributed by atoms with E-state index in [1.54, 1.807) is 30.3 Å². The second-order valence-corrected chi connectivity index (χ2v) is 5.57. The van der Waals surface area contributed by atoms with Crippen LogP contribution < -0.4 is 5.32 Å². The van der Waals surface area contributed by atoms with E-state index in [0.29, 0.717) is 21.4 Å². The minimum atomic E-state index is -0.556. The fraction of sp³-hybridized carbons (Fsp3) is 0. The highest BCUT2D eigenvalue weighted by Crippen LogP contribution is 2.32. The third-order valence-corrected chi connectivity index (χ3v) is 3.71. The number of para-hydroxylation sites is 1. The van der Waals surface area contributed by atoms with Gasteiger partial charge in [0.1, 0.15) is 11.6 Å². The Morgan fingerprint density at radius 1 is 1.04 bits per heavy atom. The van der Waals surface area contributed by atoms with Crippen molar-refractivity contribution in [3.05, 3.63) is 76.2 Å². The fourth-order valence-corrected chi connectivity index (χ4v) is 2.42. The standard InChI is InChI=1S/C17H10Cl2FNO2/c18-10-5-6-12(19)11(9-10)15-7-8-16(23-15)17(22)21-14-4-2-1-3-13(14)20/h1-9H,(H,21,22). The Morgan fingerprint density at radius 2 is 1.83 bits per heavy atom. The lowest BCUT2D eigenvalue weighted by atomic mass is 10.2. The number of furan rings is 1. The summed E-state index contributed by atoms with van der Waals surface area (Å²) in [4.78, 5) is 12.1. The number of carbonyl (C=O) groups is 1. The van der Waals surface area contributed by atoms with Crippen LogP contribution in [-0.2, 0) is 0 Å². The summed E-state index contributed by atoms with van der Waals surface area (Å²) >= 11 is 12.0. The second-order valence-electron chi connectivity index (χ2n) is 4.72. The third-order valence-electron chi connectivity index (χ3n) is 3.15. The topological polar surface area (TPSA) is 42.2 Å². The molecule has 116 valence electrons. The number of rotatable bonds is 3. The maximum absolute atomic E-state index is 13.6. The highest BCUT2D eigenvalue weighted by molar-refractivity contribution is 6.35. The van der Waals surface area contributed by atoms with Crippen molar-refractivity contribution in [3.63, 3.8) is 0 Å². The second kappa shape index (κ2) is 6.44. The molecule has 0 aliphatic rings. The molecular weight excluding hydrogens is 340 g/mol. The summed E-state index contributed by atoms with van der Waals surface area (Å²) < 4.78 is 19.1. The molecule has 0 saturated carbocycles. The number of carbonyl (C=O) groups excluding carboxylic acids is 1. The van der Waals surface area contributed by atoms with Crippen LogP contribution in [0.15, 0.2) is 59.0 Å². The summed E-state index contributed by atoms with van der Waals surface area (Å²) in [5.41, 5.74) is 0.653. The first-order chi connectivity index (χ1) is 11.0. The van der Waals surface area contributed by atoms with Gasteiger partial charge in [0, 0.05) is 10.6 Å². The molecule has 0 fully saturated rings. The van der Waals surface area contributed by atoms with Crippen LogP contribution in [-0.4, -0.2) is 5.91 Å². The lowest BCUT2D eigenvalue weighted by Gasteiger charge is -2.04. The van der Waals surface area contributed by atoms with Crippen molar-refractivity contribution in [2.75, 3.05) is 5.32 Å². The lowest BCUT2D eigenvalue weighted by Crippen LogP contribution is -2.11. The average Bonchev–Trinajstić information content (AvgIpc) is 3.02. The largest absolute Gasteiger partial charge is 0.451 e. The predicted octanol–water partition coefficient (Wildman–Crippen LogP) is 5.64. The van der Waals surface area contributed by atoms with Crippen LogP contribution in [0.5, 0.6) is 0 Å². The summed E-state index contributed by atoms with van der Waals surface area (Å²) in [6, 6.07) is 13.9. The Balaban J connectivity index is 1.86. The van der Waals surface area contributed by atoms with Crippen LogP contribution >= 0.6 is 23.2 Å². The smallest absolute Gasteiger partial charge is 0.291 e. The van der Waals surface area contributed by atoms with Crippen LogP contribution in [0.3, 0.4) is 0 Å². The molecule has 6 heteroatoms. The first-order valence-corrected chi connectivity index (χ1v) is 7.41. The molecule has 1 amide bonds. The Labute approximate surface area is 141 Å². The van der Waals surface area contributed by atoms with Crippen molar-refractivity contribution in [2.45, 2.75) is 0 Å². The summed E-state index contributed by atoms with van der Waals surface area (Å²) in [6.07, 6.45) is 0. The Hall–Kier alpha value is -2.30. The zero-order chi connectivity index (χ0) is 16.4. The van der Waals surface area contributed by atoms with E-state index in [0.717, 1.165) is 0 Å². The minimum absolute atomic E-state index is 0.0410. The number of hydrogen-bond donors (Lipinski definition) is 1. The molecule has 0 aliphatic heterocycles. The van der Waals surface area contributed by atoms with Gasteiger partial charge in [0.2, 0.25) is 0 Å². The van der Waals surface area contributed by atoms with E-state index in [-0.39, 0.29) is 11.4 Å². The van der Waals surface area contributed by atoms with E-state index in [1.807, 2.05) is 0 Å². The van der Waals surface area contributed by atoms with Gasteiger partial charge in [0.25, 0.3) is 5.91 Å². The van der Waals surface area contributed by atoms with Crippen LogP contribution in [0.4, 0.5) is 10.1 Å². The van der Waals surface area contributed by atoms with Crippen LogP contribution in [0.25, 0.3) is 11.3 Å². The van der Waals surface area contributed by atoms with Crippen LogP contribution in [0.1, 0.15) is 10.6 Å². The predicted molar refractivity (Wildman–Crippen MR) is 88.5 cm³/mol. The van der Waals surface area contributed by atoms with Gasteiger partial charge < -0.3 is 9.73 Å². The van der Waals surface area contributed by atoms with E-state index in [9.17, 15) is 9.18 Å². The van der Waals surface area contributed by atoms with E-state index >= 15 is 0 Å². The molecule has 0 bridgehead atoms. The minimum Gasteiger partial charge on any atom is -0.451 e. The van der Waals surface area contributed by atoms with Gasteiger partial charge in [-0.3, -0.25) is 4.79 Å². The number of nitrogens with one attached hydrogen (secondary N) is 1. The molecule has 0 saturated heterocycles. The van der Waals surface area contributed by atoms with Gasteiger partial charge in [0.05, 0.1) is 10.7 Å². The highest BCUT2D eigenvalue weighted by atomic mass is 35.5. The molecular formula is C17H10Cl2FNO2. The molecule has 23 heavy (non-hydrogen) atoms. The summed E-state index contributed by atoms with van der Waals surface area (Å²) in [5, 5.41) is 3.40. The van der Waals surface area contributed by atoms with Crippen LogP contribution in [0.2, 0.25) is 10.0 Å². The molecule has 1 heterocycles. The Morgan fingerprint density at radius 3 is 2.61 bits per heavy atom. The number of hydrogen-bond acceptors (Lipinski definition) is 2. The fourth-order valence-electron chi connectivity index (χ4n) is 2.04.